The number of nitrogens with two attached hydrogens (primary N) is 1. The molecule has 1 aromatic heterocycles. The summed E-state index contributed by atoms with van der Waals surface area (Å²) in [6, 6.07) is 0. The van der Waals surface area contributed by atoms with Crippen LogP contribution in [0.1, 0.15) is 44.4 Å². The van der Waals surface area contributed by atoms with Crippen LogP contribution in [0.25, 0.3) is 0 Å². The largest absolute Gasteiger partial charge is 0.357 e. The minimum Gasteiger partial charge on any atom is -0.357 e. The average molecular weight is 250 g/mol. The van der Waals surface area contributed by atoms with Crippen LogP contribution in [-0.4, -0.2) is 22.9 Å². The van der Waals surface area contributed by atoms with Gasteiger partial charge >= 0.3 is 0 Å². The highest BCUT2D eigenvalue weighted by atomic mass is 15.4. The molecule has 2 heterocycles. The number of hydrogen-bond donors (Lipinski definition) is 1. The molecule has 0 unspecified atom stereocenters. The third kappa shape index (κ3) is 2.53. The van der Waals surface area contributed by atoms with Gasteiger partial charge in [-0.15, -0.1) is 0 Å². The first-order valence-electron chi connectivity index (χ1n) is 6.92. The van der Waals surface area contributed by atoms with E-state index in [1.54, 1.807) is 0 Å². The lowest BCUT2D eigenvalue weighted by Crippen LogP contribution is -2.28. The highest BCUT2D eigenvalue weighted by Gasteiger charge is 2.26. The summed E-state index contributed by atoms with van der Waals surface area (Å²) in [5.74, 6) is 1.23. The fourth-order valence-corrected chi connectivity index (χ4v) is 2.96. The van der Waals surface area contributed by atoms with E-state index in [1.807, 2.05) is 18.7 Å². The molecule has 0 radical (unpaired) electrons. The molecule has 0 spiro atoms. The first-order chi connectivity index (χ1) is 8.44. The van der Waals surface area contributed by atoms with Crippen molar-refractivity contribution in [2.45, 2.75) is 46.6 Å². The molecule has 2 rings (SSSR count). The molecule has 4 nitrogen and oxygen atoms in total. The molecule has 0 bridgehead atoms. The normalized spacial score (nSPS) is 19.9. The Morgan fingerprint density at radius 3 is 2.67 bits per heavy atom. The lowest BCUT2D eigenvalue weighted by atomic mass is 9.85. The van der Waals surface area contributed by atoms with Gasteiger partial charge in [-0.1, -0.05) is 13.8 Å². The van der Waals surface area contributed by atoms with Gasteiger partial charge in [0.05, 0.1) is 5.69 Å². The fourth-order valence-electron chi connectivity index (χ4n) is 2.96. The van der Waals surface area contributed by atoms with Crippen molar-refractivity contribution in [1.82, 2.24) is 9.78 Å². The van der Waals surface area contributed by atoms with E-state index in [1.165, 1.54) is 30.6 Å². The van der Waals surface area contributed by atoms with Gasteiger partial charge in [-0.05, 0) is 31.6 Å². The van der Waals surface area contributed by atoms with Crippen molar-refractivity contribution in [2.75, 3.05) is 18.0 Å². The van der Waals surface area contributed by atoms with Crippen LogP contribution in [0.3, 0.4) is 0 Å². The maximum Gasteiger partial charge on any atom is 0.131 e. The Hall–Kier alpha value is -1.03. The fraction of sp³-hybridized carbons (Fsp3) is 0.786. The Morgan fingerprint density at radius 2 is 2.00 bits per heavy atom. The van der Waals surface area contributed by atoms with E-state index in [0.717, 1.165) is 18.8 Å². The maximum absolute atomic E-state index is 5.88. The van der Waals surface area contributed by atoms with Crippen LogP contribution in [0.15, 0.2) is 0 Å². The van der Waals surface area contributed by atoms with E-state index in [4.69, 9.17) is 5.73 Å². The van der Waals surface area contributed by atoms with Gasteiger partial charge in [0.2, 0.25) is 0 Å². The van der Waals surface area contributed by atoms with Crippen LogP contribution in [0, 0.1) is 12.3 Å². The second-order valence-corrected chi connectivity index (χ2v) is 6.22. The van der Waals surface area contributed by atoms with Gasteiger partial charge < -0.3 is 10.6 Å². The zero-order chi connectivity index (χ0) is 13.3. The molecule has 2 N–H and O–H groups in total. The zero-order valence-corrected chi connectivity index (χ0v) is 12.2. The van der Waals surface area contributed by atoms with Gasteiger partial charge in [-0.3, -0.25) is 4.68 Å². The topological polar surface area (TPSA) is 47.1 Å². The predicted octanol–water partition coefficient (Wildman–Crippen LogP) is 2.20. The zero-order valence-electron chi connectivity index (χ0n) is 12.2. The molecule has 4 heteroatoms. The van der Waals surface area contributed by atoms with Crippen molar-refractivity contribution < 1.29 is 0 Å². The summed E-state index contributed by atoms with van der Waals surface area (Å²) in [5.41, 5.74) is 8.62. The van der Waals surface area contributed by atoms with E-state index in [2.05, 4.69) is 23.8 Å². The highest BCUT2D eigenvalue weighted by molar-refractivity contribution is 5.50. The Balaban J connectivity index is 2.26. The van der Waals surface area contributed by atoms with E-state index in [9.17, 15) is 0 Å². The Labute approximate surface area is 110 Å². The van der Waals surface area contributed by atoms with Crippen molar-refractivity contribution in [3.8, 4) is 0 Å². The molecule has 1 saturated heterocycles. The molecule has 1 fully saturated rings. The standard InChI is InChI=1S/C14H26N4/c1-11-12(10-15)13(17(4)16-11)18-8-5-6-14(2,3)7-9-18/h5-10,15H2,1-4H3. The van der Waals surface area contributed by atoms with Crippen LogP contribution in [0.4, 0.5) is 5.82 Å². The highest BCUT2D eigenvalue weighted by Crippen LogP contribution is 2.33. The maximum atomic E-state index is 5.88. The molecular weight excluding hydrogens is 224 g/mol. The van der Waals surface area contributed by atoms with Crippen LogP contribution in [0.5, 0.6) is 0 Å². The van der Waals surface area contributed by atoms with Gasteiger partial charge in [0, 0.05) is 32.2 Å². The van der Waals surface area contributed by atoms with Crippen molar-refractivity contribution >= 4 is 5.82 Å². The van der Waals surface area contributed by atoms with Crippen LogP contribution in [-0.2, 0) is 13.6 Å². The summed E-state index contributed by atoms with van der Waals surface area (Å²) in [7, 11) is 2.03. The van der Waals surface area contributed by atoms with Gasteiger partial charge in [-0.2, -0.15) is 5.10 Å². The molecule has 0 aliphatic carbocycles. The summed E-state index contributed by atoms with van der Waals surface area (Å²) in [4.78, 5) is 2.47. The Bertz CT molecular complexity index is 420. The number of hydrogen-bond acceptors (Lipinski definition) is 3. The summed E-state index contributed by atoms with van der Waals surface area (Å²) in [6.45, 7) is 9.60. The molecular formula is C14H26N4. The molecule has 18 heavy (non-hydrogen) atoms. The predicted molar refractivity (Wildman–Crippen MR) is 75.7 cm³/mol. The number of anilines is 1. The summed E-state index contributed by atoms with van der Waals surface area (Å²) in [5, 5.41) is 4.52. The number of nitrogens with zero attached hydrogens (tertiary/aromatic N) is 3. The van der Waals surface area contributed by atoms with Crippen LogP contribution in [0.2, 0.25) is 0 Å². The first-order valence-corrected chi connectivity index (χ1v) is 6.92. The SMILES string of the molecule is Cc1nn(C)c(N2CCCC(C)(C)CC2)c1CN. The quantitative estimate of drug-likeness (QED) is 0.875. The smallest absolute Gasteiger partial charge is 0.131 e. The molecule has 0 atom stereocenters. The summed E-state index contributed by atoms with van der Waals surface area (Å²) < 4.78 is 2.00. The van der Waals surface area contributed by atoms with Gasteiger partial charge in [0.25, 0.3) is 0 Å². The molecule has 1 aromatic rings. The minimum absolute atomic E-state index is 0.464. The van der Waals surface area contributed by atoms with Crippen molar-refractivity contribution in [3.05, 3.63) is 11.3 Å². The van der Waals surface area contributed by atoms with Crippen LogP contribution < -0.4 is 10.6 Å². The molecule has 0 amide bonds. The lowest BCUT2D eigenvalue weighted by Gasteiger charge is -2.25. The summed E-state index contributed by atoms with van der Waals surface area (Å²) >= 11 is 0. The average Bonchev–Trinajstić information content (AvgIpc) is 2.45. The third-order valence-electron chi connectivity index (χ3n) is 4.16. The van der Waals surface area contributed by atoms with Crippen molar-refractivity contribution in [2.24, 2.45) is 18.2 Å². The minimum atomic E-state index is 0.464. The van der Waals surface area contributed by atoms with Crippen molar-refractivity contribution in [1.29, 1.82) is 0 Å². The molecule has 1 aliphatic rings. The molecule has 1 aliphatic heterocycles. The van der Waals surface area contributed by atoms with E-state index in [-0.39, 0.29) is 0 Å². The third-order valence-corrected chi connectivity index (χ3v) is 4.16. The van der Waals surface area contributed by atoms with Crippen LogP contribution >= 0.6 is 0 Å². The number of rotatable bonds is 2. The monoisotopic (exact) mass is 250 g/mol. The van der Waals surface area contributed by atoms with Gasteiger partial charge in [0.1, 0.15) is 5.82 Å². The Morgan fingerprint density at radius 1 is 1.28 bits per heavy atom. The second kappa shape index (κ2) is 4.92. The molecule has 102 valence electrons. The van der Waals surface area contributed by atoms with Gasteiger partial charge in [0.15, 0.2) is 0 Å². The number of aromatic nitrogens is 2. The first kappa shape index (κ1) is 13.4. The van der Waals surface area contributed by atoms with E-state index in [0.29, 0.717) is 12.0 Å². The molecule has 0 saturated carbocycles. The summed E-state index contributed by atoms with van der Waals surface area (Å²) in [6.07, 6.45) is 3.79. The molecule has 0 aromatic carbocycles. The van der Waals surface area contributed by atoms with E-state index < -0.39 is 0 Å². The van der Waals surface area contributed by atoms with E-state index >= 15 is 0 Å². The van der Waals surface area contributed by atoms with Gasteiger partial charge in [-0.25, -0.2) is 0 Å². The van der Waals surface area contributed by atoms with Crippen molar-refractivity contribution in [3.63, 3.8) is 0 Å². The second-order valence-electron chi connectivity index (χ2n) is 6.22. The number of aryl methyl sites for hydroxylation is 2. The Kier molecular flexibility index (Phi) is 3.66. The lowest BCUT2D eigenvalue weighted by molar-refractivity contribution is 0.325.